The first-order valence-electron chi connectivity index (χ1n) is 7.63. The van der Waals surface area contributed by atoms with Gasteiger partial charge in [0.15, 0.2) is 0 Å². The van der Waals surface area contributed by atoms with Crippen LogP contribution in [-0.2, 0) is 11.3 Å². The summed E-state index contributed by atoms with van der Waals surface area (Å²) in [7, 11) is 0. The molecule has 2 aromatic rings. The maximum absolute atomic E-state index is 10.9. The van der Waals surface area contributed by atoms with Gasteiger partial charge in [0, 0.05) is 6.08 Å². The Hall–Kier alpha value is -2.51. The molecule has 8 heteroatoms. The van der Waals surface area contributed by atoms with Crippen LogP contribution in [0.1, 0.15) is 45.4 Å². The number of allylic oxidation sites excluding steroid dienone is 1. The summed E-state index contributed by atoms with van der Waals surface area (Å²) in [5.41, 5.74) is 6.85. The SMILES string of the molecule is CC1(C)CCC(=Cc2nc(-c3ncn(CC(N)=O)n3)no2)CC1. The van der Waals surface area contributed by atoms with E-state index in [4.69, 9.17) is 10.3 Å². The molecule has 0 bridgehead atoms. The molecule has 0 atom stereocenters. The first-order chi connectivity index (χ1) is 10.9. The number of amides is 1. The minimum Gasteiger partial charge on any atom is -0.368 e. The molecule has 3 rings (SSSR count). The Morgan fingerprint density at radius 2 is 2.13 bits per heavy atom. The van der Waals surface area contributed by atoms with Crippen molar-refractivity contribution in [3.63, 3.8) is 0 Å². The molecule has 2 heterocycles. The molecule has 1 fully saturated rings. The molecule has 0 aromatic carbocycles. The van der Waals surface area contributed by atoms with E-state index in [0.717, 1.165) is 12.8 Å². The van der Waals surface area contributed by atoms with E-state index in [1.54, 1.807) is 0 Å². The van der Waals surface area contributed by atoms with Crippen molar-refractivity contribution in [3.8, 4) is 11.6 Å². The summed E-state index contributed by atoms with van der Waals surface area (Å²) in [6, 6.07) is 0. The zero-order chi connectivity index (χ0) is 16.4. The summed E-state index contributed by atoms with van der Waals surface area (Å²) in [6.45, 7) is 4.56. The second-order valence-corrected chi connectivity index (χ2v) is 6.66. The minimum absolute atomic E-state index is 0.0302. The van der Waals surface area contributed by atoms with Crippen LogP contribution in [0.3, 0.4) is 0 Å². The lowest BCUT2D eigenvalue weighted by Gasteiger charge is -2.30. The molecule has 1 aliphatic carbocycles. The van der Waals surface area contributed by atoms with Gasteiger partial charge in [-0.05, 0) is 31.1 Å². The van der Waals surface area contributed by atoms with Crippen LogP contribution in [0.5, 0.6) is 0 Å². The van der Waals surface area contributed by atoms with Crippen molar-refractivity contribution in [2.75, 3.05) is 0 Å². The maximum Gasteiger partial charge on any atom is 0.250 e. The molecular formula is C15H20N6O2. The smallest absolute Gasteiger partial charge is 0.250 e. The van der Waals surface area contributed by atoms with Crippen LogP contribution in [-0.4, -0.2) is 30.8 Å². The van der Waals surface area contributed by atoms with Crippen molar-refractivity contribution in [2.24, 2.45) is 11.1 Å². The number of primary amides is 1. The molecule has 0 radical (unpaired) electrons. The number of hydrogen-bond acceptors (Lipinski definition) is 6. The molecular weight excluding hydrogens is 296 g/mol. The first-order valence-corrected chi connectivity index (χ1v) is 7.63. The van der Waals surface area contributed by atoms with E-state index in [1.807, 2.05) is 6.08 Å². The lowest BCUT2D eigenvalue weighted by atomic mass is 9.75. The summed E-state index contributed by atoms with van der Waals surface area (Å²) in [4.78, 5) is 19.2. The van der Waals surface area contributed by atoms with E-state index in [0.29, 0.717) is 23.0 Å². The van der Waals surface area contributed by atoms with E-state index in [9.17, 15) is 4.79 Å². The Morgan fingerprint density at radius 1 is 1.39 bits per heavy atom. The van der Waals surface area contributed by atoms with E-state index >= 15 is 0 Å². The molecule has 122 valence electrons. The van der Waals surface area contributed by atoms with Crippen LogP contribution >= 0.6 is 0 Å². The van der Waals surface area contributed by atoms with Crippen molar-refractivity contribution in [1.29, 1.82) is 0 Å². The van der Waals surface area contributed by atoms with E-state index in [1.165, 1.54) is 29.4 Å². The number of aromatic nitrogens is 5. The van der Waals surface area contributed by atoms with E-state index < -0.39 is 5.91 Å². The van der Waals surface area contributed by atoms with Gasteiger partial charge in [-0.25, -0.2) is 9.67 Å². The van der Waals surface area contributed by atoms with Crippen LogP contribution in [0, 0.1) is 5.41 Å². The predicted molar refractivity (Wildman–Crippen MR) is 82.7 cm³/mol. The van der Waals surface area contributed by atoms with Gasteiger partial charge in [-0.3, -0.25) is 4.79 Å². The number of nitrogens with two attached hydrogens (primary N) is 1. The van der Waals surface area contributed by atoms with Crippen LogP contribution in [0.2, 0.25) is 0 Å². The molecule has 1 saturated carbocycles. The van der Waals surface area contributed by atoms with Gasteiger partial charge in [0.25, 0.3) is 5.89 Å². The van der Waals surface area contributed by atoms with Crippen molar-refractivity contribution in [1.82, 2.24) is 24.9 Å². The molecule has 8 nitrogen and oxygen atoms in total. The van der Waals surface area contributed by atoms with Crippen LogP contribution in [0.4, 0.5) is 0 Å². The number of hydrogen-bond donors (Lipinski definition) is 1. The van der Waals surface area contributed by atoms with Crippen LogP contribution < -0.4 is 5.73 Å². The topological polar surface area (TPSA) is 113 Å². The van der Waals surface area contributed by atoms with Crippen LogP contribution in [0.25, 0.3) is 17.7 Å². The molecule has 0 unspecified atom stereocenters. The molecule has 2 aromatic heterocycles. The molecule has 2 N–H and O–H groups in total. The zero-order valence-corrected chi connectivity index (χ0v) is 13.3. The third kappa shape index (κ3) is 3.82. The van der Waals surface area contributed by atoms with Gasteiger partial charge in [0.2, 0.25) is 17.6 Å². The second-order valence-electron chi connectivity index (χ2n) is 6.66. The number of carbonyl (C=O) groups excluding carboxylic acids is 1. The Kier molecular flexibility index (Phi) is 3.97. The van der Waals surface area contributed by atoms with Gasteiger partial charge >= 0.3 is 0 Å². The largest absolute Gasteiger partial charge is 0.368 e. The Morgan fingerprint density at radius 3 is 2.83 bits per heavy atom. The van der Waals surface area contributed by atoms with Gasteiger partial charge in [-0.2, -0.15) is 4.98 Å². The second kappa shape index (κ2) is 5.94. The van der Waals surface area contributed by atoms with Crippen molar-refractivity contribution in [2.45, 2.75) is 46.1 Å². The number of nitrogens with zero attached hydrogens (tertiary/aromatic N) is 5. The Labute approximate surface area is 133 Å². The maximum atomic E-state index is 10.9. The summed E-state index contributed by atoms with van der Waals surface area (Å²) in [5.74, 6) is 0.585. The van der Waals surface area contributed by atoms with Gasteiger partial charge in [-0.1, -0.05) is 24.6 Å². The molecule has 1 aliphatic rings. The molecule has 1 amide bonds. The minimum atomic E-state index is -0.486. The number of rotatable bonds is 4. The molecule has 0 aliphatic heterocycles. The lowest BCUT2D eigenvalue weighted by molar-refractivity contribution is -0.118. The van der Waals surface area contributed by atoms with Gasteiger partial charge in [0.05, 0.1) is 0 Å². The third-order valence-electron chi connectivity index (χ3n) is 4.07. The fourth-order valence-electron chi connectivity index (χ4n) is 2.58. The molecule has 0 saturated heterocycles. The summed E-state index contributed by atoms with van der Waals surface area (Å²) >= 11 is 0. The highest BCUT2D eigenvalue weighted by molar-refractivity contribution is 5.73. The van der Waals surface area contributed by atoms with Gasteiger partial charge in [-0.15, -0.1) is 5.10 Å². The van der Waals surface area contributed by atoms with E-state index in [-0.39, 0.29) is 6.54 Å². The first kappa shape index (κ1) is 15.4. The highest BCUT2D eigenvalue weighted by atomic mass is 16.5. The quantitative estimate of drug-likeness (QED) is 0.920. The Balaban J connectivity index is 1.71. The summed E-state index contributed by atoms with van der Waals surface area (Å²) < 4.78 is 6.59. The fraction of sp³-hybridized carbons (Fsp3) is 0.533. The number of carbonyl (C=O) groups is 1. The average Bonchev–Trinajstić information content (AvgIpc) is 3.10. The van der Waals surface area contributed by atoms with Gasteiger partial charge < -0.3 is 10.3 Å². The molecule has 23 heavy (non-hydrogen) atoms. The standard InChI is InChI=1S/C15H20N6O2/c1-15(2)5-3-10(4-6-15)7-12-18-14(20-23-12)13-17-9-21(19-13)8-11(16)22/h7,9H,3-6,8H2,1-2H3,(H2,16,22). The Bertz CT molecular complexity index is 731. The summed E-state index contributed by atoms with van der Waals surface area (Å²) in [6.07, 6.45) is 7.80. The van der Waals surface area contributed by atoms with Crippen molar-refractivity contribution < 1.29 is 9.32 Å². The third-order valence-corrected chi connectivity index (χ3v) is 4.07. The normalized spacial score (nSPS) is 17.2. The highest BCUT2D eigenvalue weighted by Crippen LogP contribution is 2.38. The van der Waals surface area contributed by atoms with Crippen LogP contribution in [0.15, 0.2) is 16.4 Å². The monoisotopic (exact) mass is 316 g/mol. The predicted octanol–water partition coefficient (Wildman–Crippen LogP) is 1.80. The fourth-order valence-corrected chi connectivity index (χ4v) is 2.58. The van der Waals surface area contributed by atoms with E-state index in [2.05, 4.69) is 34.1 Å². The zero-order valence-electron chi connectivity index (χ0n) is 13.3. The van der Waals surface area contributed by atoms with Crippen molar-refractivity contribution in [3.05, 3.63) is 17.8 Å². The average molecular weight is 316 g/mol. The highest BCUT2D eigenvalue weighted by Gasteiger charge is 2.23. The molecule has 0 spiro atoms. The lowest BCUT2D eigenvalue weighted by Crippen LogP contribution is -2.18. The van der Waals surface area contributed by atoms with Gasteiger partial charge in [0.1, 0.15) is 12.9 Å². The van der Waals surface area contributed by atoms with Crippen molar-refractivity contribution >= 4 is 12.0 Å². The summed E-state index contributed by atoms with van der Waals surface area (Å²) in [5, 5.41) is 7.99.